The highest BCUT2D eigenvalue weighted by Gasteiger charge is 2.61. The summed E-state index contributed by atoms with van der Waals surface area (Å²) in [5.74, 6) is 0. The first-order valence-corrected chi connectivity index (χ1v) is 5.75. The Balaban J connectivity index is 2.59. The molecule has 0 bridgehead atoms. The quantitative estimate of drug-likeness (QED) is 0.414. The van der Waals surface area contributed by atoms with Gasteiger partial charge >= 0.3 is 5.69 Å². The summed E-state index contributed by atoms with van der Waals surface area (Å²) in [6.45, 7) is 2.21. The zero-order valence-electron chi connectivity index (χ0n) is 10.5. The normalized spacial score (nSPS) is 38.6. The lowest BCUT2D eigenvalue weighted by Gasteiger charge is -2.35. The molecule has 0 radical (unpaired) electrons. The number of ether oxygens (including phenoxy) is 1. The summed E-state index contributed by atoms with van der Waals surface area (Å²) in [5.41, 5.74) is -4.80. The summed E-state index contributed by atoms with van der Waals surface area (Å²) in [5, 5.41) is 29.5. The van der Waals surface area contributed by atoms with E-state index in [1.54, 1.807) is 0 Å². The van der Waals surface area contributed by atoms with Crippen molar-refractivity contribution < 1.29 is 20.1 Å². The molecule has 0 aromatic carbocycles. The standard InChI is InChI=1S/C11H16N2O6/c1-10(18)7(15)6(4-14)19-11(10,2)5-3-12-9(17)13-8(5)16/h3,6-7,14-15,18H,4H2,1-2H3,(H2,12,13,16,17)/t6-,7-,10-,11+/m1/s1. The molecule has 2 rings (SSSR count). The fraction of sp³-hybridized carbons (Fsp3) is 0.636. The summed E-state index contributed by atoms with van der Waals surface area (Å²) < 4.78 is 5.44. The first kappa shape index (κ1) is 13.9. The molecule has 0 saturated carbocycles. The van der Waals surface area contributed by atoms with E-state index in [0.29, 0.717) is 0 Å². The molecule has 1 fully saturated rings. The van der Waals surface area contributed by atoms with Crippen molar-refractivity contribution >= 4 is 0 Å². The minimum absolute atomic E-state index is 0.0351. The van der Waals surface area contributed by atoms with Crippen LogP contribution in [0.15, 0.2) is 15.8 Å². The summed E-state index contributed by atoms with van der Waals surface area (Å²) in [6.07, 6.45) is -1.26. The zero-order valence-corrected chi connectivity index (χ0v) is 10.5. The second-order valence-corrected chi connectivity index (χ2v) is 4.95. The third-order valence-corrected chi connectivity index (χ3v) is 3.79. The lowest BCUT2D eigenvalue weighted by atomic mass is 9.79. The molecule has 0 amide bonds. The van der Waals surface area contributed by atoms with Crippen LogP contribution >= 0.6 is 0 Å². The molecule has 1 aliphatic heterocycles. The van der Waals surface area contributed by atoms with Crippen LogP contribution in [0.25, 0.3) is 0 Å². The Morgan fingerprint density at radius 1 is 1.42 bits per heavy atom. The van der Waals surface area contributed by atoms with Crippen molar-refractivity contribution in [3.05, 3.63) is 32.6 Å². The SMILES string of the molecule is C[C@@]1(c2c[nH]c(=O)[nH]c2=O)O[C@H](CO)[C@@H](O)[C@@]1(C)O. The molecule has 1 aromatic rings. The van der Waals surface area contributed by atoms with Crippen LogP contribution in [0.3, 0.4) is 0 Å². The number of nitrogens with one attached hydrogen (secondary N) is 2. The highest BCUT2D eigenvalue weighted by molar-refractivity contribution is 5.24. The minimum atomic E-state index is -1.80. The van der Waals surface area contributed by atoms with Crippen LogP contribution in [0.5, 0.6) is 0 Å². The summed E-state index contributed by atoms with van der Waals surface area (Å²) in [4.78, 5) is 27.1. The van der Waals surface area contributed by atoms with Gasteiger partial charge in [0.25, 0.3) is 5.56 Å². The van der Waals surface area contributed by atoms with Gasteiger partial charge in [0, 0.05) is 6.20 Å². The number of hydrogen-bond acceptors (Lipinski definition) is 6. The van der Waals surface area contributed by atoms with Crippen LogP contribution in [0, 0.1) is 0 Å². The van der Waals surface area contributed by atoms with E-state index in [1.165, 1.54) is 13.8 Å². The lowest BCUT2D eigenvalue weighted by Crippen LogP contribution is -2.53. The second-order valence-electron chi connectivity index (χ2n) is 4.95. The number of aliphatic hydroxyl groups excluding tert-OH is 2. The van der Waals surface area contributed by atoms with E-state index in [-0.39, 0.29) is 5.56 Å². The first-order chi connectivity index (χ1) is 8.74. The molecule has 1 aromatic heterocycles. The Morgan fingerprint density at radius 3 is 2.53 bits per heavy atom. The van der Waals surface area contributed by atoms with Crippen LogP contribution < -0.4 is 11.2 Å². The van der Waals surface area contributed by atoms with Gasteiger partial charge in [-0.3, -0.25) is 9.78 Å². The molecular formula is C11H16N2O6. The fourth-order valence-corrected chi connectivity index (χ4v) is 2.37. The molecule has 19 heavy (non-hydrogen) atoms. The molecule has 1 aliphatic rings. The Hall–Kier alpha value is -1.48. The maximum Gasteiger partial charge on any atom is 0.325 e. The van der Waals surface area contributed by atoms with Crippen LogP contribution in [-0.4, -0.2) is 49.7 Å². The van der Waals surface area contributed by atoms with E-state index in [2.05, 4.69) is 4.98 Å². The maximum absolute atomic E-state index is 11.8. The van der Waals surface area contributed by atoms with Gasteiger partial charge in [-0.1, -0.05) is 0 Å². The monoisotopic (exact) mass is 272 g/mol. The van der Waals surface area contributed by atoms with Crippen molar-refractivity contribution in [3.63, 3.8) is 0 Å². The largest absolute Gasteiger partial charge is 0.394 e. The van der Waals surface area contributed by atoms with E-state index in [1.807, 2.05) is 4.98 Å². The summed E-state index contributed by atoms with van der Waals surface area (Å²) >= 11 is 0. The average Bonchev–Trinajstić information content (AvgIpc) is 2.50. The van der Waals surface area contributed by atoms with Crippen molar-refractivity contribution in [1.29, 1.82) is 0 Å². The molecule has 0 spiro atoms. The number of hydrogen-bond donors (Lipinski definition) is 5. The molecule has 4 atom stereocenters. The molecule has 2 heterocycles. The van der Waals surface area contributed by atoms with Crippen molar-refractivity contribution in [2.75, 3.05) is 6.61 Å². The Bertz CT molecular complexity index is 591. The number of rotatable bonds is 2. The Kier molecular flexibility index (Phi) is 3.13. The van der Waals surface area contributed by atoms with Gasteiger partial charge in [0.05, 0.1) is 12.2 Å². The predicted octanol–water partition coefficient (Wildman–Crippen LogP) is -2.22. The molecule has 1 saturated heterocycles. The number of H-pyrrole nitrogens is 2. The minimum Gasteiger partial charge on any atom is -0.394 e. The predicted molar refractivity (Wildman–Crippen MR) is 63.6 cm³/mol. The van der Waals surface area contributed by atoms with Crippen molar-refractivity contribution in [3.8, 4) is 0 Å². The molecule has 5 N–H and O–H groups in total. The Morgan fingerprint density at radius 2 is 2.05 bits per heavy atom. The molecule has 0 unspecified atom stereocenters. The highest BCUT2D eigenvalue weighted by atomic mass is 16.6. The highest BCUT2D eigenvalue weighted by Crippen LogP contribution is 2.45. The van der Waals surface area contributed by atoms with E-state index < -0.39 is 41.3 Å². The van der Waals surface area contributed by atoms with Crippen LogP contribution in [-0.2, 0) is 10.3 Å². The van der Waals surface area contributed by atoms with E-state index in [9.17, 15) is 19.8 Å². The Labute approximate surface area is 107 Å². The van der Waals surface area contributed by atoms with Crippen LogP contribution in [0.1, 0.15) is 19.4 Å². The van der Waals surface area contributed by atoms with Crippen LogP contribution in [0.4, 0.5) is 0 Å². The maximum atomic E-state index is 11.8. The van der Waals surface area contributed by atoms with Gasteiger partial charge in [0.15, 0.2) is 0 Å². The molecule has 8 nitrogen and oxygen atoms in total. The molecular weight excluding hydrogens is 256 g/mol. The smallest absolute Gasteiger partial charge is 0.325 e. The average molecular weight is 272 g/mol. The van der Waals surface area contributed by atoms with E-state index >= 15 is 0 Å². The van der Waals surface area contributed by atoms with E-state index in [0.717, 1.165) is 6.20 Å². The molecule has 106 valence electrons. The van der Waals surface area contributed by atoms with Gasteiger partial charge < -0.3 is 25.0 Å². The van der Waals surface area contributed by atoms with Gasteiger partial charge in [-0.25, -0.2) is 4.79 Å². The lowest BCUT2D eigenvalue weighted by molar-refractivity contribution is -0.131. The van der Waals surface area contributed by atoms with Gasteiger partial charge in [0.2, 0.25) is 0 Å². The summed E-state index contributed by atoms with van der Waals surface area (Å²) in [7, 11) is 0. The van der Waals surface area contributed by atoms with Gasteiger partial charge in [-0.05, 0) is 13.8 Å². The fourth-order valence-electron chi connectivity index (χ4n) is 2.37. The van der Waals surface area contributed by atoms with Gasteiger partial charge in [0.1, 0.15) is 23.4 Å². The number of aromatic nitrogens is 2. The van der Waals surface area contributed by atoms with Crippen molar-refractivity contribution in [2.45, 2.75) is 37.3 Å². The first-order valence-electron chi connectivity index (χ1n) is 5.75. The number of aromatic amines is 2. The topological polar surface area (TPSA) is 136 Å². The van der Waals surface area contributed by atoms with Crippen LogP contribution in [0.2, 0.25) is 0 Å². The molecule has 0 aliphatic carbocycles. The van der Waals surface area contributed by atoms with Gasteiger partial charge in [-0.15, -0.1) is 0 Å². The molecule has 8 heteroatoms. The second kappa shape index (κ2) is 4.27. The van der Waals surface area contributed by atoms with Gasteiger partial charge in [-0.2, -0.15) is 0 Å². The third kappa shape index (κ3) is 1.84. The van der Waals surface area contributed by atoms with E-state index in [4.69, 9.17) is 9.84 Å². The summed E-state index contributed by atoms with van der Waals surface area (Å²) in [6, 6.07) is 0. The van der Waals surface area contributed by atoms with Crippen molar-refractivity contribution in [2.24, 2.45) is 0 Å². The zero-order chi connectivity index (χ0) is 14.4. The number of aliphatic hydroxyl groups is 3. The third-order valence-electron chi connectivity index (χ3n) is 3.79. The van der Waals surface area contributed by atoms with Crippen molar-refractivity contribution in [1.82, 2.24) is 9.97 Å².